The van der Waals surface area contributed by atoms with Gasteiger partial charge in [0.1, 0.15) is 23.5 Å². The maximum Gasteiger partial charge on any atom is 0.409 e. The van der Waals surface area contributed by atoms with E-state index >= 15 is 0 Å². The van der Waals surface area contributed by atoms with Gasteiger partial charge in [-0.25, -0.2) is 19.7 Å². The molecule has 218 valence electrons. The number of rotatable bonds is 7. The second-order valence-corrected chi connectivity index (χ2v) is 10.7. The van der Waals surface area contributed by atoms with Gasteiger partial charge in [-0.2, -0.15) is 0 Å². The first kappa shape index (κ1) is 28.0. The van der Waals surface area contributed by atoms with Gasteiger partial charge in [0.2, 0.25) is 5.91 Å². The SMILES string of the molecule is CCNC(=O)[C@H]1O[C@@H](n2cnc3c(N)nc(CC4CCN(C(=O)OCC5CC(=O)N(C)C5)CC4)nc32)C(O)C1O. The molecule has 0 radical (unpaired) electrons. The zero-order chi connectivity index (χ0) is 28.6. The fraction of sp³-hybridized carbons (Fsp3) is 0.680. The number of anilines is 1. The summed E-state index contributed by atoms with van der Waals surface area (Å²) >= 11 is 0. The van der Waals surface area contributed by atoms with Gasteiger partial charge in [-0.1, -0.05) is 0 Å². The number of fused-ring (bicyclic) bond motifs is 1. The van der Waals surface area contributed by atoms with Crippen molar-refractivity contribution < 1.29 is 34.1 Å². The first-order valence-corrected chi connectivity index (χ1v) is 13.6. The van der Waals surface area contributed by atoms with Gasteiger partial charge in [-0.15, -0.1) is 0 Å². The number of aliphatic hydroxyl groups excluding tert-OH is 2. The Morgan fingerprint density at radius 1 is 1.20 bits per heavy atom. The lowest BCUT2D eigenvalue weighted by atomic mass is 9.93. The molecule has 40 heavy (non-hydrogen) atoms. The van der Waals surface area contributed by atoms with Crippen molar-refractivity contribution in [2.24, 2.45) is 11.8 Å². The van der Waals surface area contributed by atoms with Crippen molar-refractivity contribution in [2.75, 3.05) is 45.6 Å². The van der Waals surface area contributed by atoms with E-state index in [1.165, 1.54) is 10.9 Å². The molecule has 3 aliphatic heterocycles. The van der Waals surface area contributed by atoms with E-state index < -0.39 is 30.4 Å². The van der Waals surface area contributed by atoms with E-state index in [0.29, 0.717) is 56.0 Å². The van der Waals surface area contributed by atoms with Crippen LogP contribution in [0.5, 0.6) is 0 Å². The third-order valence-corrected chi connectivity index (χ3v) is 7.82. The molecule has 3 fully saturated rings. The Morgan fingerprint density at radius 3 is 2.62 bits per heavy atom. The van der Waals surface area contributed by atoms with Crippen LogP contribution in [0.2, 0.25) is 0 Å². The number of nitrogens with zero attached hydrogens (tertiary/aromatic N) is 6. The van der Waals surface area contributed by atoms with Crippen molar-refractivity contribution in [3.63, 3.8) is 0 Å². The molecule has 0 bridgehead atoms. The van der Waals surface area contributed by atoms with Crippen molar-refractivity contribution in [3.8, 4) is 0 Å². The van der Waals surface area contributed by atoms with Crippen LogP contribution >= 0.6 is 0 Å². The van der Waals surface area contributed by atoms with Crippen LogP contribution in [-0.2, 0) is 25.5 Å². The summed E-state index contributed by atoms with van der Waals surface area (Å²) in [6, 6.07) is 0. The van der Waals surface area contributed by atoms with Gasteiger partial charge in [-0.05, 0) is 25.7 Å². The lowest BCUT2D eigenvalue weighted by Gasteiger charge is -2.31. The van der Waals surface area contributed by atoms with Crippen LogP contribution < -0.4 is 11.1 Å². The fourth-order valence-electron chi connectivity index (χ4n) is 5.57. The Kier molecular flexibility index (Phi) is 8.05. The van der Waals surface area contributed by atoms with E-state index in [9.17, 15) is 24.6 Å². The highest BCUT2D eigenvalue weighted by molar-refractivity contribution is 5.83. The molecule has 3 unspecified atom stereocenters. The number of hydrogen-bond donors (Lipinski definition) is 4. The molecule has 3 amide bonds. The van der Waals surface area contributed by atoms with Crippen LogP contribution in [0.4, 0.5) is 10.6 Å². The summed E-state index contributed by atoms with van der Waals surface area (Å²) < 4.78 is 12.6. The summed E-state index contributed by atoms with van der Waals surface area (Å²) in [5, 5.41) is 23.6. The number of imidazole rings is 1. The van der Waals surface area contributed by atoms with Crippen LogP contribution in [0.1, 0.15) is 38.2 Å². The molecule has 2 aromatic heterocycles. The first-order chi connectivity index (χ1) is 19.2. The quantitative estimate of drug-likeness (QED) is 0.325. The molecule has 5 rings (SSSR count). The number of aromatic nitrogens is 4. The minimum Gasteiger partial charge on any atom is -0.449 e. The Hall–Kier alpha value is -3.56. The predicted molar refractivity (Wildman–Crippen MR) is 139 cm³/mol. The summed E-state index contributed by atoms with van der Waals surface area (Å²) in [5.74, 6) is 0.436. The average Bonchev–Trinajstić information content (AvgIpc) is 3.58. The van der Waals surface area contributed by atoms with Gasteiger partial charge in [0, 0.05) is 52.0 Å². The number of carbonyl (C=O) groups excluding carboxylic acids is 3. The van der Waals surface area contributed by atoms with Crippen LogP contribution in [0.15, 0.2) is 6.33 Å². The normalized spacial score (nSPS) is 27.5. The molecular formula is C25H36N8O7. The van der Waals surface area contributed by atoms with E-state index in [0.717, 1.165) is 12.8 Å². The lowest BCUT2D eigenvalue weighted by molar-refractivity contribution is -0.137. The van der Waals surface area contributed by atoms with E-state index in [1.54, 1.807) is 23.8 Å². The molecule has 2 aromatic rings. The topological polar surface area (TPSA) is 198 Å². The predicted octanol–water partition coefficient (Wildman–Crippen LogP) is -0.967. The number of likely N-dealkylation sites (tertiary alicyclic amines) is 2. The van der Waals surface area contributed by atoms with Crippen LogP contribution in [0.3, 0.4) is 0 Å². The standard InChI is InChI=1S/C25H36N8O7/c1-3-27-23(37)20-18(35)19(36)24(40-20)33-12-28-17-21(26)29-15(30-22(17)33)8-13-4-6-32(7-5-13)25(38)39-11-14-9-16(34)31(2)10-14/h12-14,18-20,24,35-36H,3-11H2,1-2H3,(H,27,37)(H2,26,29,30)/t14?,18?,19?,20-,24+/m0/s1. The first-order valence-electron chi connectivity index (χ1n) is 13.6. The monoisotopic (exact) mass is 560 g/mol. The minimum atomic E-state index is -1.42. The van der Waals surface area contributed by atoms with Gasteiger partial charge < -0.3 is 40.5 Å². The molecule has 15 heteroatoms. The highest BCUT2D eigenvalue weighted by Crippen LogP contribution is 2.33. The average molecular weight is 561 g/mol. The number of hydrogen-bond acceptors (Lipinski definition) is 11. The van der Waals surface area contributed by atoms with Crippen molar-refractivity contribution in [2.45, 2.75) is 57.1 Å². The lowest BCUT2D eigenvalue weighted by Crippen LogP contribution is -2.42. The molecule has 3 saturated heterocycles. The van der Waals surface area contributed by atoms with Crippen molar-refractivity contribution in [3.05, 3.63) is 12.2 Å². The number of ether oxygens (including phenoxy) is 2. The zero-order valence-electron chi connectivity index (χ0n) is 22.6. The smallest absolute Gasteiger partial charge is 0.409 e. The van der Waals surface area contributed by atoms with Gasteiger partial charge in [-0.3, -0.25) is 14.2 Å². The summed E-state index contributed by atoms with van der Waals surface area (Å²) in [6.45, 7) is 3.99. The van der Waals surface area contributed by atoms with E-state index in [4.69, 9.17) is 15.2 Å². The third kappa shape index (κ3) is 5.53. The Balaban J connectivity index is 1.20. The Labute approximate surface area is 230 Å². The summed E-state index contributed by atoms with van der Waals surface area (Å²) in [5.41, 5.74) is 6.83. The number of nitrogens with two attached hydrogens (primary N) is 1. The summed E-state index contributed by atoms with van der Waals surface area (Å²) in [7, 11) is 1.75. The molecular weight excluding hydrogens is 524 g/mol. The van der Waals surface area contributed by atoms with Crippen LogP contribution in [0, 0.1) is 11.8 Å². The largest absolute Gasteiger partial charge is 0.449 e. The van der Waals surface area contributed by atoms with Crippen molar-refractivity contribution >= 4 is 34.9 Å². The summed E-state index contributed by atoms with van der Waals surface area (Å²) in [6.07, 6.45) is -1.74. The molecule has 0 saturated carbocycles. The number of nitrogen functional groups attached to an aromatic ring is 1. The molecule has 0 aliphatic carbocycles. The van der Waals surface area contributed by atoms with E-state index in [2.05, 4.69) is 20.3 Å². The van der Waals surface area contributed by atoms with Gasteiger partial charge in [0.15, 0.2) is 23.8 Å². The van der Waals surface area contributed by atoms with Gasteiger partial charge in [0.05, 0.1) is 12.9 Å². The third-order valence-electron chi connectivity index (χ3n) is 7.82. The second-order valence-electron chi connectivity index (χ2n) is 10.7. The number of amides is 3. The molecule has 0 spiro atoms. The van der Waals surface area contributed by atoms with Crippen LogP contribution in [-0.4, -0.2) is 116 Å². The Morgan fingerprint density at radius 2 is 1.95 bits per heavy atom. The van der Waals surface area contributed by atoms with Crippen molar-refractivity contribution in [1.29, 1.82) is 0 Å². The zero-order valence-corrected chi connectivity index (χ0v) is 22.6. The van der Waals surface area contributed by atoms with E-state index in [1.807, 2.05) is 0 Å². The fourth-order valence-corrected chi connectivity index (χ4v) is 5.57. The summed E-state index contributed by atoms with van der Waals surface area (Å²) in [4.78, 5) is 53.1. The molecule has 5 heterocycles. The number of likely N-dealkylation sites (N-methyl/N-ethyl adjacent to an activating group) is 1. The maximum atomic E-state index is 12.5. The number of piperidine rings is 1. The van der Waals surface area contributed by atoms with Crippen LogP contribution in [0.25, 0.3) is 11.2 Å². The van der Waals surface area contributed by atoms with Crippen molar-refractivity contribution in [1.82, 2.24) is 34.6 Å². The van der Waals surface area contributed by atoms with Gasteiger partial charge in [0.25, 0.3) is 5.91 Å². The molecule has 5 N–H and O–H groups in total. The second kappa shape index (κ2) is 11.5. The molecule has 5 atom stereocenters. The maximum absolute atomic E-state index is 12.5. The van der Waals surface area contributed by atoms with Gasteiger partial charge >= 0.3 is 6.09 Å². The Bertz CT molecular complexity index is 1260. The van der Waals surface area contributed by atoms with E-state index in [-0.39, 0.29) is 36.3 Å². The highest BCUT2D eigenvalue weighted by atomic mass is 16.6. The number of aliphatic hydroxyl groups is 2. The molecule has 15 nitrogen and oxygen atoms in total. The number of carbonyl (C=O) groups is 3. The highest BCUT2D eigenvalue weighted by Gasteiger charge is 2.47. The number of nitrogens with one attached hydrogen (secondary N) is 1. The molecule has 3 aliphatic rings. The molecule has 0 aromatic carbocycles. The minimum absolute atomic E-state index is 0.0309.